The van der Waals surface area contributed by atoms with Gasteiger partial charge in [0.15, 0.2) is 0 Å². The van der Waals surface area contributed by atoms with Crippen molar-refractivity contribution in [2.24, 2.45) is 10.7 Å². The summed E-state index contributed by atoms with van der Waals surface area (Å²) in [4.78, 5) is 8.68. The molecule has 0 fully saturated rings. The van der Waals surface area contributed by atoms with Crippen molar-refractivity contribution >= 4 is 13.7 Å². The second kappa shape index (κ2) is 7.56. The van der Waals surface area contributed by atoms with E-state index < -0.39 is 11.2 Å². The fraction of sp³-hybridized carbons (Fsp3) is 0.500. The lowest BCUT2D eigenvalue weighted by molar-refractivity contribution is -0.0895. The van der Waals surface area contributed by atoms with Crippen LogP contribution in [0, 0.1) is 6.92 Å². The molecule has 1 aromatic rings. The Bertz CT molecular complexity index is 549. The van der Waals surface area contributed by atoms with E-state index in [0.29, 0.717) is 12.0 Å². The summed E-state index contributed by atoms with van der Waals surface area (Å²) in [6, 6.07) is 5.82. The van der Waals surface area contributed by atoms with E-state index in [4.69, 9.17) is 10.4 Å². The minimum absolute atomic E-state index is 0.474. The number of aryl methyl sites for hydroxylation is 1. The van der Waals surface area contributed by atoms with Gasteiger partial charge in [-0.15, -0.1) is 0 Å². The number of pyridine rings is 1. The van der Waals surface area contributed by atoms with E-state index in [1.54, 1.807) is 20.1 Å². The number of rotatable bonds is 7. The SMILES string of the molecule is Cc1cccc(CN=CC([B]OC(C)(C)C(C)(C)O)=CN)n1. The van der Waals surface area contributed by atoms with Crippen LogP contribution in [0.1, 0.15) is 39.1 Å². The molecule has 0 aliphatic carbocycles. The van der Waals surface area contributed by atoms with E-state index >= 15 is 0 Å². The van der Waals surface area contributed by atoms with Crippen molar-refractivity contribution in [1.29, 1.82) is 0 Å². The Morgan fingerprint density at radius 2 is 2.09 bits per heavy atom. The summed E-state index contributed by atoms with van der Waals surface area (Å²) in [6.07, 6.45) is 3.04. The van der Waals surface area contributed by atoms with E-state index in [-0.39, 0.29) is 0 Å². The summed E-state index contributed by atoms with van der Waals surface area (Å²) in [5.41, 5.74) is 6.33. The number of aromatic nitrogens is 1. The van der Waals surface area contributed by atoms with Crippen LogP contribution in [0.5, 0.6) is 0 Å². The summed E-state index contributed by atoms with van der Waals surface area (Å²) < 4.78 is 5.64. The molecule has 1 rings (SSSR count). The van der Waals surface area contributed by atoms with Gasteiger partial charge in [0.2, 0.25) is 0 Å². The normalized spacial score (nSPS) is 13.6. The number of aliphatic hydroxyl groups is 1. The highest BCUT2D eigenvalue weighted by Crippen LogP contribution is 2.24. The molecule has 1 aromatic heterocycles. The molecule has 6 heteroatoms. The Kier molecular flexibility index (Phi) is 6.32. The highest BCUT2D eigenvalue weighted by Gasteiger charge is 2.35. The monoisotopic (exact) mass is 302 g/mol. The summed E-state index contributed by atoms with van der Waals surface area (Å²) in [5.74, 6) is 0. The van der Waals surface area contributed by atoms with Gasteiger partial charge in [-0.25, -0.2) is 0 Å². The van der Waals surface area contributed by atoms with Crippen LogP contribution >= 0.6 is 0 Å². The summed E-state index contributed by atoms with van der Waals surface area (Å²) in [7, 11) is 1.51. The smallest absolute Gasteiger partial charge is 0.333 e. The average Bonchev–Trinajstić information content (AvgIpc) is 2.41. The number of nitrogens with zero attached hydrogens (tertiary/aromatic N) is 2. The molecule has 0 bridgehead atoms. The first-order chi connectivity index (χ1) is 10.2. The van der Waals surface area contributed by atoms with Crippen molar-refractivity contribution in [3.63, 3.8) is 0 Å². The van der Waals surface area contributed by atoms with Gasteiger partial charge in [-0.3, -0.25) is 9.98 Å². The first-order valence-corrected chi connectivity index (χ1v) is 7.23. The lowest BCUT2D eigenvalue weighted by atomic mass is 9.83. The number of hydrogen-bond acceptors (Lipinski definition) is 5. The fourth-order valence-electron chi connectivity index (χ4n) is 1.40. The molecule has 3 N–H and O–H groups in total. The van der Waals surface area contributed by atoms with Gasteiger partial charge in [0.25, 0.3) is 0 Å². The molecule has 22 heavy (non-hydrogen) atoms. The van der Waals surface area contributed by atoms with Crippen LogP contribution < -0.4 is 5.73 Å². The van der Waals surface area contributed by atoms with Crippen LogP contribution in [-0.4, -0.2) is 35.0 Å². The molecule has 0 atom stereocenters. The van der Waals surface area contributed by atoms with Crippen molar-refractivity contribution in [3.05, 3.63) is 41.3 Å². The molecule has 0 unspecified atom stereocenters. The zero-order valence-corrected chi connectivity index (χ0v) is 14.0. The maximum atomic E-state index is 10.0. The molecule has 0 aliphatic rings. The van der Waals surface area contributed by atoms with E-state index in [2.05, 4.69) is 9.98 Å². The minimum atomic E-state index is -0.980. The lowest BCUT2D eigenvalue weighted by Gasteiger charge is -2.37. The van der Waals surface area contributed by atoms with Crippen LogP contribution in [0.4, 0.5) is 0 Å². The quantitative estimate of drug-likeness (QED) is 0.596. The van der Waals surface area contributed by atoms with Gasteiger partial charge in [0.05, 0.1) is 23.4 Å². The third-order valence-electron chi connectivity index (χ3n) is 3.60. The predicted molar refractivity (Wildman–Crippen MR) is 90.7 cm³/mol. The summed E-state index contributed by atoms with van der Waals surface area (Å²) >= 11 is 0. The maximum Gasteiger partial charge on any atom is 0.333 e. The Hall–Kier alpha value is -1.66. The second-order valence-electron chi connectivity index (χ2n) is 6.21. The minimum Gasteiger partial charge on any atom is -0.427 e. The molecule has 119 valence electrons. The van der Waals surface area contributed by atoms with E-state index in [1.807, 2.05) is 39.0 Å². The zero-order valence-electron chi connectivity index (χ0n) is 14.0. The highest BCUT2D eigenvalue weighted by molar-refractivity contribution is 6.46. The average molecular weight is 302 g/mol. The molecular weight excluding hydrogens is 277 g/mol. The van der Waals surface area contributed by atoms with E-state index in [0.717, 1.165) is 11.4 Å². The van der Waals surface area contributed by atoms with Gasteiger partial charge < -0.3 is 15.5 Å². The largest absolute Gasteiger partial charge is 0.427 e. The molecule has 1 radical (unpaired) electrons. The van der Waals surface area contributed by atoms with Crippen molar-refractivity contribution in [2.75, 3.05) is 0 Å². The van der Waals surface area contributed by atoms with Gasteiger partial charge in [-0.05, 0) is 58.4 Å². The first-order valence-electron chi connectivity index (χ1n) is 7.23. The lowest BCUT2D eigenvalue weighted by Crippen LogP contribution is -2.48. The third kappa shape index (κ3) is 5.62. The topological polar surface area (TPSA) is 80.7 Å². The highest BCUT2D eigenvalue weighted by atomic mass is 16.5. The maximum absolute atomic E-state index is 10.0. The number of allylic oxidation sites excluding steroid dienone is 1. The molecule has 0 saturated heterocycles. The van der Waals surface area contributed by atoms with Crippen LogP contribution in [0.2, 0.25) is 0 Å². The molecule has 0 saturated carbocycles. The Morgan fingerprint density at radius 3 is 2.64 bits per heavy atom. The van der Waals surface area contributed by atoms with Crippen LogP contribution in [0.3, 0.4) is 0 Å². The molecule has 0 aliphatic heterocycles. The van der Waals surface area contributed by atoms with Crippen molar-refractivity contribution in [1.82, 2.24) is 4.98 Å². The number of nitrogens with two attached hydrogens (primary N) is 1. The number of aliphatic imine (C=N–C) groups is 1. The molecule has 0 amide bonds. The van der Waals surface area contributed by atoms with Gasteiger partial charge in [-0.1, -0.05) is 6.07 Å². The zero-order chi connectivity index (χ0) is 16.8. The van der Waals surface area contributed by atoms with Gasteiger partial charge in [0, 0.05) is 11.9 Å². The van der Waals surface area contributed by atoms with Crippen molar-refractivity contribution in [2.45, 2.75) is 52.4 Å². The standard InChI is InChI=1S/C16H25BN3O2/c1-12-7-6-8-14(20-12)11-19-10-13(9-18)17-22-16(4,5)15(2,3)21/h6-10,21H,11,18H2,1-5H3. The summed E-state index contributed by atoms with van der Waals surface area (Å²) in [5, 5.41) is 10.0. The van der Waals surface area contributed by atoms with Gasteiger partial charge >= 0.3 is 7.48 Å². The molecule has 1 heterocycles. The van der Waals surface area contributed by atoms with Gasteiger partial charge in [-0.2, -0.15) is 0 Å². The molecule has 0 aromatic carbocycles. The predicted octanol–water partition coefficient (Wildman–Crippen LogP) is 1.95. The first kappa shape index (κ1) is 18.4. The Balaban J connectivity index is 2.58. The molecule has 0 spiro atoms. The number of hydrogen-bond donors (Lipinski definition) is 2. The van der Waals surface area contributed by atoms with Crippen LogP contribution in [0.25, 0.3) is 0 Å². The van der Waals surface area contributed by atoms with Crippen LogP contribution in [0.15, 0.2) is 34.9 Å². The molecular formula is C16H25BN3O2. The van der Waals surface area contributed by atoms with Gasteiger partial charge in [0.1, 0.15) is 0 Å². The van der Waals surface area contributed by atoms with Crippen molar-refractivity contribution in [3.8, 4) is 0 Å². The van der Waals surface area contributed by atoms with Crippen LogP contribution in [-0.2, 0) is 11.2 Å². The van der Waals surface area contributed by atoms with Crippen molar-refractivity contribution < 1.29 is 9.76 Å². The van der Waals surface area contributed by atoms with E-state index in [1.165, 1.54) is 13.7 Å². The Morgan fingerprint density at radius 1 is 1.41 bits per heavy atom. The second-order valence-corrected chi connectivity index (χ2v) is 6.21. The summed E-state index contributed by atoms with van der Waals surface area (Å²) in [6.45, 7) is 9.44. The molecule has 5 nitrogen and oxygen atoms in total. The third-order valence-corrected chi connectivity index (χ3v) is 3.60. The van der Waals surface area contributed by atoms with E-state index in [9.17, 15) is 5.11 Å². The fourth-order valence-corrected chi connectivity index (χ4v) is 1.40. The Labute approximate surface area is 133 Å².